The number of fused-ring (bicyclic) bond motifs is 1. The fraction of sp³-hybridized carbons (Fsp3) is 0.222. The average molecular weight is 357 g/mol. The van der Waals surface area contributed by atoms with Crippen molar-refractivity contribution in [2.45, 2.75) is 26.3 Å². The first kappa shape index (κ1) is 15.0. The van der Waals surface area contributed by atoms with E-state index in [1.807, 2.05) is 48.5 Å². The maximum Gasteiger partial charge on any atom is 0.261 e. The smallest absolute Gasteiger partial charge is 0.261 e. The molecule has 4 heteroatoms. The molecule has 0 aliphatic heterocycles. The number of hydrogen-bond acceptors (Lipinski definition) is 2. The molecule has 1 heterocycles. The molecule has 0 amide bonds. The van der Waals surface area contributed by atoms with Crippen LogP contribution in [0, 0.1) is 0 Å². The summed E-state index contributed by atoms with van der Waals surface area (Å²) >= 11 is 3.43. The Labute approximate surface area is 137 Å². The van der Waals surface area contributed by atoms with Gasteiger partial charge in [-0.05, 0) is 23.8 Å². The van der Waals surface area contributed by atoms with Gasteiger partial charge in [0.05, 0.1) is 17.4 Å². The summed E-state index contributed by atoms with van der Waals surface area (Å²) in [6, 6.07) is 15.7. The van der Waals surface area contributed by atoms with Crippen LogP contribution in [-0.4, -0.2) is 9.55 Å². The summed E-state index contributed by atoms with van der Waals surface area (Å²) in [5.74, 6) is 1.01. The summed E-state index contributed by atoms with van der Waals surface area (Å²) < 4.78 is 2.68. The molecule has 0 aliphatic carbocycles. The van der Waals surface area contributed by atoms with Crippen LogP contribution in [-0.2, 0) is 6.54 Å². The molecule has 0 fully saturated rings. The molecule has 0 N–H and O–H groups in total. The first-order valence-electron chi connectivity index (χ1n) is 7.30. The van der Waals surface area contributed by atoms with Gasteiger partial charge in [0.2, 0.25) is 0 Å². The van der Waals surface area contributed by atoms with E-state index in [-0.39, 0.29) is 11.5 Å². The summed E-state index contributed by atoms with van der Waals surface area (Å²) in [4.78, 5) is 17.6. The number of aromatic nitrogens is 2. The number of benzene rings is 2. The van der Waals surface area contributed by atoms with Gasteiger partial charge in [0.1, 0.15) is 5.82 Å². The molecular weight excluding hydrogens is 340 g/mol. The Morgan fingerprint density at radius 3 is 2.55 bits per heavy atom. The van der Waals surface area contributed by atoms with Crippen LogP contribution in [0.4, 0.5) is 0 Å². The predicted octanol–water partition coefficient (Wildman–Crippen LogP) is 4.33. The summed E-state index contributed by atoms with van der Waals surface area (Å²) in [6.07, 6.45) is 0. The van der Waals surface area contributed by atoms with Gasteiger partial charge < -0.3 is 0 Å². The second-order valence-corrected chi connectivity index (χ2v) is 6.58. The molecule has 0 saturated heterocycles. The van der Waals surface area contributed by atoms with E-state index in [0.29, 0.717) is 11.9 Å². The van der Waals surface area contributed by atoms with Crippen LogP contribution in [0.3, 0.4) is 0 Å². The molecule has 0 unspecified atom stereocenters. The predicted molar refractivity (Wildman–Crippen MR) is 93.3 cm³/mol. The van der Waals surface area contributed by atoms with Gasteiger partial charge in [-0.2, -0.15) is 0 Å². The van der Waals surface area contributed by atoms with E-state index in [4.69, 9.17) is 4.98 Å². The maximum absolute atomic E-state index is 12.9. The Hall–Kier alpha value is -1.94. The molecular formula is C18H17BrN2O. The van der Waals surface area contributed by atoms with Crippen LogP contribution in [0.1, 0.15) is 31.2 Å². The SMILES string of the molecule is CC(C)c1nc2ccc(Br)cc2c(=O)n1Cc1ccccc1. The van der Waals surface area contributed by atoms with Gasteiger partial charge in [-0.15, -0.1) is 0 Å². The Kier molecular flexibility index (Phi) is 4.12. The molecule has 1 aromatic heterocycles. The van der Waals surface area contributed by atoms with Crippen molar-refractivity contribution in [3.8, 4) is 0 Å². The van der Waals surface area contributed by atoms with Gasteiger partial charge >= 0.3 is 0 Å². The monoisotopic (exact) mass is 356 g/mol. The highest BCUT2D eigenvalue weighted by Gasteiger charge is 2.14. The van der Waals surface area contributed by atoms with Crippen LogP contribution >= 0.6 is 15.9 Å². The Balaban J connectivity index is 2.24. The topological polar surface area (TPSA) is 34.9 Å². The lowest BCUT2D eigenvalue weighted by molar-refractivity contribution is 0.634. The fourth-order valence-electron chi connectivity index (χ4n) is 2.57. The van der Waals surface area contributed by atoms with Crippen LogP contribution < -0.4 is 5.56 Å². The molecule has 22 heavy (non-hydrogen) atoms. The minimum absolute atomic E-state index is 0.0128. The lowest BCUT2D eigenvalue weighted by atomic mass is 10.1. The summed E-state index contributed by atoms with van der Waals surface area (Å²) in [7, 11) is 0. The van der Waals surface area contributed by atoms with E-state index in [1.54, 1.807) is 4.57 Å². The standard InChI is InChI=1S/C18H17BrN2O/c1-12(2)17-20-16-9-8-14(19)10-15(16)18(22)21(17)11-13-6-4-3-5-7-13/h3-10,12H,11H2,1-2H3. The van der Waals surface area contributed by atoms with Gasteiger partial charge in [-0.1, -0.05) is 60.1 Å². The van der Waals surface area contributed by atoms with Gasteiger partial charge in [0.25, 0.3) is 5.56 Å². The summed E-state index contributed by atoms with van der Waals surface area (Å²) in [6.45, 7) is 4.67. The van der Waals surface area contributed by atoms with Gasteiger partial charge in [-0.25, -0.2) is 4.98 Å². The zero-order valence-corrected chi connectivity index (χ0v) is 14.2. The van der Waals surface area contributed by atoms with E-state index in [9.17, 15) is 4.79 Å². The minimum Gasteiger partial charge on any atom is -0.291 e. The second-order valence-electron chi connectivity index (χ2n) is 5.66. The molecule has 3 aromatic rings. The molecule has 0 saturated carbocycles. The number of hydrogen-bond donors (Lipinski definition) is 0. The minimum atomic E-state index is 0.0128. The van der Waals surface area contributed by atoms with Crippen molar-refractivity contribution in [2.75, 3.05) is 0 Å². The van der Waals surface area contributed by atoms with Gasteiger partial charge in [0.15, 0.2) is 0 Å². The second kappa shape index (κ2) is 6.05. The third-order valence-electron chi connectivity index (χ3n) is 3.65. The van der Waals surface area contributed by atoms with Crippen molar-refractivity contribution in [1.82, 2.24) is 9.55 Å². The lowest BCUT2D eigenvalue weighted by Gasteiger charge is -2.16. The van der Waals surface area contributed by atoms with Crippen LogP contribution in [0.2, 0.25) is 0 Å². The van der Waals surface area contributed by atoms with Gasteiger partial charge in [-0.3, -0.25) is 9.36 Å². The third kappa shape index (κ3) is 2.83. The highest BCUT2D eigenvalue weighted by atomic mass is 79.9. The zero-order valence-electron chi connectivity index (χ0n) is 12.6. The zero-order chi connectivity index (χ0) is 15.7. The molecule has 0 bridgehead atoms. The van der Waals surface area contributed by atoms with E-state index in [0.717, 1.165) is 21.4 Å². The van der Waals surface area contributed by atoms with Crippen molar-refractivity contribution in [3.05, 3.63) is 74.7 Å². The Morgan fingerprint density at radius 1 is 1.14 bits per heavy atom. The first-order chi connectivity index (χ1) is 10.6. The summed E-state index contributed by atoms with van der Waals surface area (Å²) in [5.41, 5.74) is 1.86. The Morgan fingerprint density at radius 2 is 1.86 bits per heavy atom. The Bertz CT molecular complexity index is 869. The van der Waals surface area contributed by atoms with E-state index >= 15 is 0 Å². The molecule has 0 spiro atoms. The van der Waals surface area contributed by atoms with Crippen molar-refractivity contribution in [2.24, 2.45) is 0 Å². The average Bonchev–Trinajstić information content (AvgIpc) is 2.51. The number of halogens is 1. The van der Waals surface area contributed by atoms with Crippen molar-refractivity contribution < 1.29 is 0 Å². The van der Waals surface area contributed by atoms with Crippen LogP contribution in [0.15, 0.2) is 57.8 Å². The molecule has 3 rings (SSSR count). The molecule has 2 aromatic carbocycles. The third-order valence-corrected chi connectivity index (χ3v) is 4.14. The summed E-state index contributed by atoms with van der Waals surface area (Å²) in [5, 5.41) is 0.648. The maximum atomic E-state index is 12.9. The quantitative estimate of drug-likeness (QED) is 0.699. The van der Waals surface area contributed by atoms with Gasteiger partial charge in [0, 0.05) is 10.4 Å². The number of nitrogens with zero attached hydrogens (tertiary/aromatic N) is 2. The molecule has 112 valence electrons. The van der Waals surface area contributed by atoms with E-state index in [2.05, 4.69) is 29.8 Å². The van der Waals surface area contributed by atoms with Crippen LogP contribution in [0.5, 0.6) is 0 Å². The normalized spacial score (nSPS) is 11.3. The highest BCUT2D eigenvalue weighted by molar-refractivity contribution is 9.10. The van der Waals surface area contributed by atoms with E-state index in [1.165, 1.54) is 0 Å². The van der Waals surface area contributed by atoms with Crippen molar-refractivity contribution in [3.63, 3.8) is 0 Å². The lowest BCUT2D eigenvalue weighted by Crippen LogP contribution is -2.26. The molecule has 0 atom stereocenters. The van der Waals surface area contributed by atoms with Crippen molar-refractivity contribution >= 4 is 26.8 Å². The van der Waals surface area contributed by atoms with E-state index < -0.39 is 0 Å². The largest absolute Gasteiger partial charge is 0.291 e. The fourth-order valence-corrected chi connectivity index (χ4v) is 2.93. The molecule has 3 nitrogen and oxygen atoms in total. The first-order valence-corrected chi connectivity index (χ1v) is 8.09. The van der Waals surface area contributed by atoms with Crippen LogP contribution in [0.25, 0.3) is 10.9 Å². The van der Waals surface area contributed by atoms with Crippen molar-refractivity contribution in [1.29, 1.82) is 0 Å². The molecule has 0 aliphatic rings. The highest BCUT2D eigenvalue weighted by Crippen LogP contribution is 2.19. The molecule has 0 radical (unpaired) electrons. The number of rotatable bonds is 3.